The Morgan fingerprint density at radius 1 is 1.19 bits per heavy atom. The van der Waals surface area contributed by atoms with E-state index in [1.54, 1.807) is 12.1 Å². The molecule has 2 aromatic heterocycles. The average Bonchev–Trinajstić information content (AvgIpc) is 3.54. The molecule has 3 heterocycles. The SMILES string of the molecule is COC(=O)[C@@H]1CCCN1S(=O)(=O)c1ccc(NC(=O)c2cc(-c3ccco3)on2)cc1. The molecule has 0 spiro atoms. The van der Waals surface area contributed by atoms with Gasteiger partial charge in [0.1, 0.15) is 6.04 Å². The number of nitrogens with one attached hydrogen (secondary N) is 1. The van der Waals surface area contributed by atoms with Gasteiger partial charge in [0.25, 0.3) is 5.91 Å². The minimum absolute atomic E-state index is 0.0165. The molecule has 0 saturated carbocycles. The van der Waals surface area contributed by atoms with Crippen LogP contribution in [-0.4, -0.2) is 49.5 Å². The van der Waals surface area contributed by atoms with E-state index in [0.717, 1.165) is 4.31 Å². The molecular weight excluding hydrogens is 426 g/mol. The zero-order valence-corrected chi connectivity index (χ0v) is 17.3. The Morgan fingerprint density at radius 2 is 1.97 bits per heavy atom. The summed E-state index contributed by atoms with van der Waals surface area (Å²) >= 11 is 0. The molecule has 10 nitrogen and oxygen atoms in total. The summed E-state index contributed by atoms with van der Waals surface area (Å²) in [6.45, 7) is 0.241. The van der Waals surface area contributed by atoms with Crippen LogP contribution in [0, 0.1) is 0 Å². The Hall–Kier alpha value is -3.44. The van der Waals surface area contributed by atoms with Crippen LogP contribution >= 0.6 is 0 Å². The fourth-order valence-corrected chi connectivity index (χ4v) is 5.00. The number of carbonyl (C=O) groups is 2. The highest BCUT2D eigenvalue weighted by atomic mass is 32.2. The summed E-state index contributed by atoms with van der Waals surface area (Å²) in [6, 6.07) is 9.62. The largest absolute Gasteiger partial charge is 0.468 e. The number of amides is 1. The predicted molar refractivity (Wildman–Crippen MR) is 108 cm³/mol. The molecule has 31 heavy (non-hydrogen) atoms. The molecule has 1 saturated heterocycles. The van der Waals surface area contributed by atoms with E-state index in [9.17, 15) is 18.0 Å². The van der Waals surface area contributed by atoms with E-state index in [1.165, 1.54) is 43.7 Å². The van der Waals surface area contributed by atoms with E-state index in [4.69, 9.17) is 13.7 Å². The van der Waals surface area contributed by atoms with Crippen molar-refractivity contribution in [2.45, 2.75) is 23.8 Å². The molecule has 0 bridgehead atoms. The number of rotatable bonds is 6. The Bertz CT molecular complexity index is 1180. The third kappa shape index (κ3) is 4.09. The number of carbonyl (C=O) groups excluding carboxylic acids is 2. The van der Waals surface area contributed by atoms with E-state index in [2.05, 4.69) is 10.5 Å². The van der Waals surface area contributed by atoms with Crippen molar-refractivity contribution in [3.8, 4) is 11.5 Å². The average molecular weight is 445 g/mol. The zero-order valence-electron chi connectivity index (χ0n) is 16.5. The maximum atomic E-state index is 12.9. The molecule has 1 atom stereocenters. The molecule has 1 aromatic carbocycles. The van der Waals surface area contributed by atoms with Crippen LogP contribution in [0.5, 0.6) is 0 Å². The van der Waals surface area contributed by atoms with Gasteiger partial charge in [-0.05, 0) is 49.2 Å². The summed E-state index contributed by atoms with van der Waals surface area (Å²) in [5, 5.41) is 6.34. The van der Waals surface area contributed by atoms with Crippen molar-refractivity contribution in [2.75, 3.05) is 19.0 Å². The Kier molecular flexibility index (Phi) is 5.61. The van der Waals surface area contributed by atoms with E-state index in [0.29, 0.717) is 30.0 Å². The van der Waals surface area contributed by atoms with Crippen molar-refractivity contribution >= 4 is 27.6 Å². The second-order valence-corrected chi connectivity index (χ2v) is 8.72. The number of esters is 1. The van der Waals surface area contributed by atoms with Crippen LogP contribution < -0.4 is 5.32 Å². The maximum Gasteiger partial charge on any atom is 0.324 e. The van der Waals surface area contributed by atoms with Crippen LogP contribution in [0.2, 0.25) is 0 Å². The van der Waals surface area contributed by atoms with Crippen LogP contribution in [0.3, 0.4) is 0 Å². The van der Waals surface area contributed by atoms with E-state index < -0.39 is 27.9 Å². The second kappa shape index (κ2) is 8.36. The van der Waals surface area contributed by atoms with Crippen LogP contribution in [0.25, 0.3) is 11.5 Å². The van der Waals surface area contributed by atoms with Gasteiger partial charge in [-0.15, -0.1) is 0 Å². The number of sulfonamides is 1. The molecule has 1 fully saturated rings. The molecule has 1 aliphatic heterocycles. The summed E-state index contributed by atoms with van der Waals surface area (Å²) < 4.78 is 42.0. The van der Waals surface area contributed by atoms with Crippen molar-refractivity contribution in [1.29, 1.82) is 0 Å². The number of benzene rings is 1. The first kappa shape index (κ1) is 20.8. The standard InChI is InChI=1S/C20H19N3O7S/c1-28-20(25)16-4-2-10-23(16)31(26,27)14-8-6-13(7-9-14)21-19(24)15-12-18(30-22-15)17-5-3-11-29-17/h3,5-9,11-12,16H,2,4,10H2,1H3,(H,21,24)/t16-/m0/s1. The van der Waals surface area contributed by atoms with Gasteiger partial charge >= 0.3 is 5.97 Å². The minimum atomic E-state index is -3.88. The van der Waals surface area contributed by atoms with Crippen molar-refractivity contribution in [1.82, 2.24) is 9.46 Å². The van der Waals surface area contributed by atoms with E-state index >= 15 is 0 Å². The second-order valence-electron chi connectivity index (χ2n) is 6.83. The van der Waals surface area contributed by atoms with Crippen LogP contribution in [0.15, 0.2) is 62.6 Å². The Balaban J connectivity index is 1.47. The zero-order chi connectivity index (χ0) is 22.0. The molecule has 162 valence electrons. The molecule has 0 aliphatic carbocycles. The number of aromatic nitrogens is 1. The van der Waals surface area contributed by atoms with Gasteiger partial charge < -0.3 is 19.0 Å². The van der Waals surface area contributed by atoms with Crippen molar-refractivity contribution < 1.29 is 31.7 Å². The van der Waals surface area contributed by atoms with Gasteiger partial charge in [0.05, 0.1) is 18.3 Å². The highest BCUT2D eigenvalue weighted by Crippen LogP contribution is 2.28. The van der Waals surface area contributed by atoms with Gasteiger partial charge in [0.15, 0.2) is 11.5 Å². The summed E-state index contributed by atoms with van der Waals surface area (Å²) in [5.74, 6) is -0.357. The molecule has 4 rings (SSSR count). The van der Waals surface area contributed by atoms with Gasteiger partial charge in [-0.3, -0.25) is 9.59 Å². The molecule has 1 amide bonds. The number of methoxy groups -OCH3 is 1. The number of furan rings is 1. The van der Waals surface area contributed by atoms with Gasteiger partial charge in [0, 0.05) is 18.3 Å². The van der Waals surface area contributed by atoms with E-state index in [-0.39, 0.29) is 17.1 Å². The molecule has 0 radical (unpaired) electrons. The van der Waals surface area contributed by atoms with Crippen molar-refractivity contribution in [3.05, 3.63) is 54.4 Å². The first-order valence-electron chi connectivity index (χ1n) is 9.42. The number of anilines is 1. The first-order chi connectivity index (χ1) is 14.9. The topological polar surface area (TPSA) is 132 Å². The lowest BCUT2D eigenvalue weighted by atomic mass is 10.2. The summed E-state index contributed by atoms with van der Waals surface area (Å²) in [7, 11) is -2.65. The molecule has 1 N–H and O–H groups in total. The molecule has 3 aromatic rings. The molecular formula is C20H19N3O7S. The minimum Gasteiger partial charge on any atom is -0.468 e. The highest BCUT2D eigenvalue weighted by molar-refractivity contribution is 7.89. The normalized spacial score (nSPS) is 16.9. The van der Waals surface area contributed by atoms with Gasteiger partial charge in [-0.2, -0.15) is 4.31 Å². The van der Waals surface area contributed by atoms with Crippen LogP contribution in [0.1, 0.15) is 23.3 Å². The molecule has 0 unspecified atom stereocenters. The highest BCUT2D eigenvalue weighted by Gasteiger charge is 2.40. The fraction of sp³-hybridized carbons (Fsp3) is 0.250. The summed E-state index contributed by atoms with van der Waals surface area (Å²) in [5.41, 5.74) is 0.415. The van der Waals surface area contributed by atoms with Crippen molar-refractivity contribution in [2.24, 2.45) is 0 Å². The lowest BCUT2D eigenvalue weighted by molar-refractivity contribution is -0.144. The van der Waals surface area contributed by atoms with Crippen molar-refractivity contribution in [3.63, 3.8) is 0 Å². The quantitative estimate of drug-likeness (QED) is 0.573. The monoisotopic (exact) mass is 445 g/mol. The van der Waals surface area contributed by atoms with Gasteiger partial charge in [-0.25, -0.2) is 8.42 Å². The summed E-state index contributed by atoms with van der Waals surface area (Å²) in [6.07, 6.45) is 2.46. The van der Waals surface area contributed by atoms with Crippen LogP contribution in [0.4, 0.5) is 5.69 Å². The lowest BCUT2D eigenvalue weighted by Gasteiger charge is -2.22. The number of ether oxygens (including phenoxy) is 1. The Labute approximate surface area is 177 Å². The van der Waals surface area contributed by atoms with Crippen LogP contribution in [-0.2, 0) is 19.6 Å². The summed E-state index contributed by atoms with van der Waals surface area (Å²) in [4.78, 5) is 24.3. The van der Waals surface area contributed by atoms with E-state index in [1.807, 2.05) is 0 Å². The number of hydrogen-bond acceptors (Lipinski definition) is 8. The molecule has 1 aliphatic rings. The lowest BCUT2D eigenvalue weighted by Crippen LogP contribution is -2.41. The fourth-order valence-electron chi connectivity index (χ4n) is 3.36. The Morgan fingerprint density at radius 3 is 2.65 bits per heavy atom. The number of nitrogens with zero attached hydrogens (tertiary/aromatic N) is 2. The molecule has 11 heteroatoms. The van der Waals surface area contributed by atoms with Gasteiger partial charge in [-0.1, -0.05) is 5.16 Å². The number of hydrogen-bond donors (Lipinski definition) is 1. The predicted octanol–water partition coefficient (Wildman–Crippen LogP) is 2.51. The van der Waals surface area contributed by atoms with Gasteiger partial charge in [0.2, 0.25) is 15.8 Å². The third-order valence-corrected chi connectivity index (χ3v) is 6.82. The maximum absolute atomic E-state index is 12.9. The smallest absolute Gasteiger partial charge is 0.324 e. The third-order valence-electron chi connectivity index (χ3n) is 4.90. The first-order valence-corrected chi connectivity index (χ1v) is 10.9.